The van der Waals surface area contributed by atoms with Crippen LogP contribution in [-0.2, 0) is 0 Å². The smallest absolute Gasteiger partial charge is 0.164 e. The van der Waals surface area contributed by atoms with Gasteiger partial charge in [0.2, 0.25) is 0 Å². The third-order valence-corrected chi connectivity index (χ3v) is 12.4. The van der Waals surface area contributed by atoms with E-state index < -0.39 is 0 Å². The van der Waals surface area contributed by atoms with Crippen LogP contribution in [0.4, 0.5) is 0 Å². The van der Waals surface area contributed by atoms with Crippen LogP contribution in [0.5, 0.6) is 0 Å². The molecule has 0 saturated heterocycles. The maximum Gasteiger partial charge on any atom is 0.164 e. The van der Waals surface area contributed by atoms with Gasteiger partial charge < -0.3 is 4.42 Å². The standard InChI is InChI=1S/C61H39N3O/c1-3-14-40(15-4-1)41-28-34-46(35-29-41)59-62-60(64-61(63-59)54-21-10-7-18-48(54)44-16-5-2-6-17-44)47-36-30-43(31-37-47)42-26-32-45(33-27-42)49-38-39-52(51-20-9-8-19-50(49)51)53-23-13-25-57-58(53)55-22-11-12-24-56(55)65-57/h1-39H. The molecule has 10 aromatic carbocycles. The average molecular weight is 830 g/mol. The Bertz CT molecular complexity index is 3670. The molecule has 0 aliphatic carbocycles. The first-order valence-corrected chi connectivity index (χ1v) is 21.9. The molecule has 2 aromatic heterocycles. The van der Waals surface area contributed by atoms with Crippen molar-refractivity contribution in [2.45, 2.75) is 0 Å². The quantitative estimate of drug-likeness (QED) is 0.153. The first kappa shape index (κ1) is 38.0. The number of rotatable bonds is 8. The molecule has 4 heteroatoms. The van der Waals surface area contributed by atoms with Gasteiger partial charge in [0.1, 0.15) is 11.2 Å². The van der Waals surface area contributed by atoms with Crippen molar-refractivity contribution in [3.63, 3.8) is 0 Å². The Morgan fingerprint density at radius 3 is 1.25 bits per heavy atom. The second kappa shape index (κ2) is 16.2. The molecule has 4 nitrogen and oxygen atoms in total. The molecule has 0 saturated carbocycles. The van der Waals surface area contributed by atoms with Gasteiger partial charge in [0.25, 0.3) is 0 Å². The van der Waals surface area contributed by atoms with Crippen LogP contribution in [0, 0.1) is 0 Å². The van der Waals surface area contributed by atoms with E-state index in [0.717, 1.165) is 72.0 Å². The van der Waals surface area contributed by atoms with E-state index in [1.807, 2.05) is 30.3 Å². The summed E-state index contributed by atoms with van der Waals surface area (Å²) >= 11 is 0. The van der Waals surface area contributed by atoms with E-state index in [4.69, 9.17) is 19.4 Å². The lowest BCUT2D eigenvalue weighted by Crippen LogP contribution is -2.01. The van der Waals surface area contributed by atoms with Gasteiger partial charge in [0, 0.05) is 27.5 Å². The number of fused-ring (bicyclic) bond motifs is 4. The molecule has 12 aromatic rings. The summed E-state index contributed by atoms with van der Waals surface area (Å²) in [6.45, 7) is 0. The fraction of sp³-hybridized carbons (Fsp3) is 0. The molecule has 65 heavy (non-hydrogen) atoms. The Balaban J connectivity index is 0.883. The van der Waals surface area contributed by atoms with E-state index in [1.54, 1.807) is 0 Å². The SMILES string of the molecule is c1ccc(-c2ccc(-c3nc(-c4ccc(-c5ccc(-c6ccc(-c7cccc8oc9ccccc9c78)c7ccccc67)cc5)cc4)nc(-c4ccccc4-c4ccccc4)n3)cc2)cc1. The van der Waals surface area contributed by atoms with Gasteiger partial charge in [-0.05, 0) is 78.5 Å². The van der Waals surface area contributed by atoms with Gasteiger partial charge in [-0.15, -0.1) is 0 Å². The van der Waals surface area contributed by atoms with Gasteiger partial charge in [0.15, 0.2) is 17.5 Å². The highest BCUT2D eigenvalue weighted by Gasteiger charge is 2.18. The molecule has 0 atom stereocenters. The van der Waals surface area contributed by atoms with Crippen LogP contribution in [0.15, 0.2) is 241 Å². The predicted molar refractivity (Wildman–Crippen MR) is 268 cm³/mol. The molecule has 304 valence electrons. The van der Waals surface area contributed by atoms with E-state index in [9.17, 15) is 0 Å². The second-order valence-corrected chi connectivity index (χ2v) is 16.3. The first-order valence-electron chi connectivity index (χ1n) is 21.9. The van der Waals surface area contributed by atoms with E-state index >= 15 is 0 Å². The maximum absolute atomic E-state index is 6.26. The molecule has 0 spiro atoms. The summed E-state index contributed by atoms with van der Waals surface area (Å²) in [5, 5.41) is 4.70. The number of benzene rings is 10. The van der Waals surface area contributed by atoms with Gasteiger partial charge in [0.05, 0.1) is 0 Å². The van der Waals surface area contributed by atoms with E-state index in [2.05, 4.69) is 206 Å². The minimum absolute atomic E-state index is 0.620. The largest absolute Gasteiger partial charge is 0.456 e. The highest BCUT2D eigenvalue weighted by atomic mass is 16.3. The summed E-state index contributed by atoms with van der Waals surface area (Å²) in [7, 11) is 0. The first-order chi connectivity index (χ1) is 32.2. The minimum Gasteiger partial charge on any atom is -0.456 e. The van der Waals surface area contributed by atoms with Crippen molar-refractivity contribution in [1.29, 1.82) is 0 Å². The molecule has 0 bridgehead atoms. The number of para-hydroxylation sites is 1. The van der Waals surface area contributed by atoms with Crippen LogP contribution in [0.25, 0.3) is 123 Å². The number of furan rings is 1. The molecular formula is C61H39N3O. The monoisotopic (exact) mass is 829 g/mol. The van der Waals surface area contributed by atoms with Crippen molar-refractivity contribution in [1.82, 2.24) is 15.0 Å². The molecule has 0 unspecified atom stereocenters. The highest BCUT2D eigenvalue weighted by molar-refractivity contribution is 6.16. The van der Waals surface area contributed by atoms with Crippen molar-refractivity contribution in [2.75, 3.05) is 0 Å². The zero-order valence-corrected chi connectivity index (χ0v) is 35.3. The van der Waals surface area contributed by atoms with Gasteiger partial charge in [-0.1, -0.05) is 224 Å². The summed E-state index contributed by atoms with van der Waals surface area (Å²) in [5.74, 6) is 1.87. The summed E-state index contributed by atoms with van der Waals surface area (Å²) in [6.07, 6.45) is 0. The molecule has 0 amide bonds. The van der Waals surface area contributed by atoms with Crippen LogP contribution < -0.4 is 0 Å². The minimum atomic E-state index is 0.620. The summed E-state index contributed by atoms with van der Waals surface area (Å²) in [4.78, 5) is 15.4. The Morgan fingerprint density at radius 1 is 0.215 bits per heavy atom. The molecule has 0 fully saturated rings. The van der Waals surface area contributed by atoms with Crippen molar-refractivity contribution < 1.29 is 4.42 Å². The van der Waals surface area contributed by atoms with Gasteiger partial charge in [-0.2, -0.15) is 0 Å². The van der Waals surface area contributed by atoms with Crippen molar-refractivity contribution >= 4 is 32.7 Å². The summed E-state index contributed by atoms with van der Waals surface area (Å²) in [6, 6.07) is 82.9. The Labute approximate surface area is 376 Å². The number of aromatic nitrogens is 3. The fourth-order valence-corrected chi connectivity index (χ4v) is 9.18. The lowest BCUT2D eigenvalue weighted by Gasteiger charge is -2.14. The molecule has 0 aliphatic rings. The normalized spacial score (nSPS) is 11.4. The topological polar surface area (TPSA) is 51.8 Å². The van der Waals surface area contributed by atoms with Crippen LogP contribution in [0.1, 0.15) is 0 Å². The number of hydrogen-bond acceptors (Lipinski definition) is 4. The molecule has 0 radical (unpaired) electrons. The van der Waals surface area contributed by atoms with Gasteiger partial charge >= 0.3 is 0 Å². The average Bonchev–Trinajstić information content (AvgIpc) is 3.78. The second-order valence-electron chi connectivity index (χ2n) is 16.3. The third-order valence-electron chi connectivity index (χ3n) is 12.4. The van der Waals surface area contributed by atoms with E-state index in [1.165, 1.54) is 33.0 Å². The molecule has 12 rings (SSSR count). The summed E-state index contributed by atoms with van der Waals surface area (Å²) in [5.41, 5.74) is 16.0. The Hall–Kier alpha value is -8.73. The van der Waals surface area contributed by atoms with E-state index in [-0.39, 0.29) is 0 Å². The summed E-state index contributed by atoms with van der Waals surface area (Å²) < 4.78 is 6.26. The van der Waals surface area contributed by atoms with Crippen molar-refractivity contribution in [3.8, 4) is 89.8 Å². The maximum atomic E-state index is 6.26. The molecular weight excluding hydrogens is 791 g/mol. The van der Waals surface area contributed by atoms with E-state index in [0.29, 0.717) is 17.5 Å². The number of hydrogen-bond donors (Lipinski definition) is 0. The Morgan fingerprint density at radius 2 is 0.615 bits per heavy atom. The van der Waals surface area contributed by atoms with Crippen LogP contribution in [0.2, 0.25) is 0 Å². The molecule has 2 heterocycles. The van der Waals surface area contributed by atoms with Gasteiger partial charge in [-0.3, -0.25) is 0 Å². The molecule has 0 aliphatic heterocycles. The van der Waals surface area contributed by atoms with Crippen molar-refractivity contribution in [3.05, 3.63) is 237 Å². The van der Waals surface area contributed by atoms with Crippen LogP contribution in [0.3, 0.4) is 0 Å². The fourth-order valence-electron chi connectivity index (χ4n) is 9.18. The van der Waals surface area contributed by atoms with Gasteiger partial charge in [-0.25, -0.2) is 15.0 Å². The predicted octanol–water partition coefficient (Wildman–Crippen LogP) is 16.3. The molecule has 0 N–H and O–H groups in total. The lowest BCUT2D eigenvalue weighted by atomic mass is 9.90. The van der Waals surface area contributed by atoms with Crippen molar-refractivity contribution in [2.24, 2.45) is 0 Å². The zero-order valence-electron chi connectivity index (χ0n) is 35.3. The van der Waals surface area contributed by atoms with Crippen LogP contribution >= 0.6 is 0 Å². The Kier molecular flexibility index (Phi) is 9.46. The lowest BCUT2D eigenvalue weighted by molar-refractivity contribution is 0.669. The third kappa shape index (κ3) is 7.04. The van der Waals surface area contributed by atoms with Crippen LogP contribution in [-0.4, -0.2) is 15.0 Å². The zero-order chi connectivity index (χ0) is 43.1. The highest BCUT2D eigenvalue weighted by Crippen LogP contribution is 2.42. The number of nitrogens with zero attached hydrogens (tertiary/aromatic N) is 3.